The molecule has 6 nitrogen and oxygen atoms in total. The molecule has 4 rings (SSSR count). The zero-order valence-electron chi connectivity index (χ0n) is 14.5. The van der Waals surface area contributed by atoms with Gasteiger partial charge in [-0.3, -0.25) is 9.79 Å². The molecule has 0 bridgehead atoms. The van der Waals surface area contributed by atoms with E-state index in [0.29, 0.717) is 16.3 Å². The molecule has 0 saturated carbocycles. The molecule has 26 heavy (non-hydrogen) atoms. The summed E-state index contributed by atoms with van der Waals surface area (Å²) in [6.07, 6.45) is 7.77. The van der Waals surface area contributed by atoms with E-state index in [4.69, 9.17) is 5.73 Å². The van der Waals surface area contributed by atoms with E-state index in [1.165, 1.54) is 11.3 Å². The van der Waals surface area contributed by atoms with Gasteiger partial charge < -0.3 is 5.73 Å². The Hall–Kier alpha value is -2.80. The molecule has 0 radical (unpaired) electrons. The van der Waals surface area contributed by atoms with E-state index < -0.39 is 0 Å². The fraction of sp³-hybridized carbons (Fsp3) is 0.263. The van der Waals surface area contributed by atoms with Crippen LogP contribution in [0.1, 0.15) is 42.3 Å². The topological polar surface area (TPSA) is 85.6 Å². The maximum absolute atomic E-state index is 12.5. The Morgan fingerprint density at radius 1 is 1.27 bits per heavy atom. The number of allylic oxidation sites excluding steroid dienone is 1. The third-order valence-electron chi connectivity index (χ3n) is 4.39. The number of fused-ring (bicyclic) bond motifs is 2. The molecule has 2 aromatic heterocycles. The number of aromatic nitrogens is 3. The van der Waals surface area contributed by atoms with Gasteiger partial charge in [0.2, 0.25) is 4.96 Å². The van der Waals surface area contributed by atoms with E-state index in [0.717, 1.165) is 47.5 Å². The highest BCUT2D eigenvalue weighted by atomic mass is 32.1. The van der Waals surface area contributed by atoms with Gasteiger partial charge in [-0.05, 0) is 18.6 Å². The highest BCUT2D eigenvalue weighted by Gasteiger charge is 2.16. The monoisotopic (exact) mass is 365 g/mol. The van der Waals surface area contributed by atoms with Crippen molar-refractivity contribution in [2.24, 2.45) is 4.99 Å². The molecule has 1 aromatic carbocycles. The van der Waals surface area contributed by atoms with Gasteiger partial charge in [-0.2, -0.15) is 14.6 Å². The van der Waals surface area contributed by atoms with Crippen LogP contribution in [0.15, 0.2) is 34.1 Å². The molecular formula is C19H19N5OS. The molecule has 132 valence electrons. The summed E-state index contributed by atoms with van der Waals surface area (Å²) >= 11 is 1.43. The van der Waals surface area contributed by atoms with Gasteiger partial charge in [-0.1, -0.05) is 49.3 Å². The van der Waals surface area contributed by atoms with Crippen LogP contribution in [0.4, 0.5) is 11.5 Å². The normalized spacial score (nSPS) is 14.4. The highest BCUT2D eigenvalue weighted by Crippen LogP contribution is 2.32. The van der Waals surface area contributed by atoms with Crippen LogP contribution in [0.2, 0.25) is 0 Å². The van der Waals surface area contributed by atoms with E-state index in [1.807, 2.05) is 24.3 Å². The Bertz CT molecular complexity index is 1090. The number of aryl methyl sites for hydroxylation is 1. The zero-order chi connectivity index (χ0) is 18.1. The quantitative estimate of drug-likeness (QED) is 0.698. The molecule has 3 aromatic rings. The van der Waals surface area contributed by atoms with Gasteiger partial charge in [0.25, 0.3) is 5.56 Å². The van der Waals surface area contributed by atoms with Crippen molar-refractivity contribution in [3.8, 4) is 0 Å². The molecule has 0 unspecified atom stereocenters. The molecule has 0 amide bonds. The minimum absolute atomic E-state index is 0.322. The number of nitrogen functional groups attached to an aromatic ring is 1. The van der Waals surface area contributed by atoms with Crippen molar-refractivity contribution in [1.82, 2.24) is 14.6 Å². The van der Waals surface area contributed by atoms with E-state index in [9.17, 15) is 4.79 Å². The number of hydrogen-bond donors (Lipinski definition) is 1. The Kier molecular flexibility index (Phi) is 4.38. The van der Waals surface area contributed by atoms with Gasteiger partial charge in [0.1, 0.15) is 10.8 Å². The summed E-state index contributed by atoms with van der Waals surface area (Å²) in [6.45, 7) is 2.17. The Morgan fingerprint density at radius 2 is 2.12 bits per heavy atom. The lowest BCUT2D eigenvalue weighted by molar-refractivity contribution is 0.706. The molecule has 1 aliphatic rings. The molecule has 3 heterocycles. The van der Waals surface area contributed by atoms with Crippen molar-refractivity contribution < 1.29 is 0 Å². The largest absolute Gasteiger partial charge is 0.383 e. The predicted octanol–water partition coefficient (Wildman–Crippen LogP) is 3.72. The minimum Gasteiger partial charge on any atom is -0.383 e. The van der Waals surface area contributed by atoms with Crippen molar-refractivity contribution in [3.63, 3.8) is 0 Å². The molecule has 0 fully saturated rings. The van der Waals surface area contributed by atoms with E-state index in [1.54, 1.807) is 16.8 Å². The Labute approximate surface area is 154 Å². The van der Waals surface area contributed by atoms with Crippen LogP contribution >= 0.6 is 11.3 Å². The summed E-state index contributed by atoms with van der Waals surface area (Å²) in [5.74, 6) is 0.322. The van der Waals surface area contributed by atoms with Gasteiger partial charge in [0.15, 0.2) is 0 Å². The van der Waals surface area contributed by atoms with Gasteiger partial charge in [-0.25, -0.2) is 0 Å². The first-order valence-electron chi connectivity index (χ1n) is 8.70. The lowest BCUT2D eigenvalue weighted by Crippen LogP contribution is -2.16. The third kappa shape index (κ3) is 2.94. The molecule has 0 aliphatic carbocycles. The second kappa shape index (κ2) is 6.84. The van der Waals surface area contributed by atoms with Crippen LogP contribution in [-0.4, -0.2) is 20.8 Å². The van der Waals surface area contributed by atoms with Crippen LogP contribution in [0.5, 0.6) is 0 Å². The predicted molar refractivity (Wildman–Crippen MR) is 107 cm³/mol. The van der Waals surface area contributed by atoms with Crippen LogP contribution < -0.4 is 11.3 Å². The minimum atomic E-state index is -0.337. The van der Waals surface area contributed by atoms with Gasteiger partial charge in [-0.15, -0.1) is 0 Å². The summed E-state index contributed by atoms with van der Waals surface area (Å²) in [4.78, 5) is 21.6. The Morgan fingerprint density at radius 3 is 2.96 bits per heavy atom. The first kappa shape index (κ1) is 16.7. The number of aliphatic imine (C=N–C) groups is 1. The molecule has 0 atom stereocenters. The van der Waals surface area contributed by atoms with Crippen molar-refractivity contribution in [2.75, 3.05) is 5.73 Å². The second-order valence-electron chi connectivity index (χ2n) is 6.24. The van der Waals surface area contributed by atoms with Gasteiger partial charge in [0.05, 0.1) is 11.3 Å². The molecule has 1 aliphatic heterocycles. The summed E-state index contributed by atoms with van der Waals surface area (Å²) in [7, 11) is 0. The number of para-hydroxylation sites is 1. The molecule has 0 spiro atoms. The number of unbranched alkanes of at least 4 members (excludes halogenated alkanes) is 2. The van der Waals surface area contributed by atoms with Crippen molar-refractivity contribution in [3.05, 3.63) is 50.8 Å². The lowest BCUT2D eigenvalue weighted by atomic mass is 10.1. The number of hydrogen-bond acceptors (Lipinski definition) is 6. The smallest absolute Gasteiger partial charge is 0.283 e. The van der Waals surface area contributed by atoms with Crippen molar-refractivity contribution >= 4 is 45.7 Å². The lowest BCUT2D eigenvalue weighted by Gasteiger charge is -2.03. The van der Waals surface area contributed by atoms with Gasteiger partial charge in [0, 0.05) is 23.8 Å². The van der Waals surface area contributed by atoms with Crippen LogP contribution in [-0.2, 0) is 6.42 Å². The summed E-state index contributed by atoms with van der Waals surface area (Å²) in [6, 6.07) is 7.79. The number of nitrogens with zero attached hydrogens (tertiary/aromatic N) is 4. The summed E-state index contributed by atoms with van der Waals surface area (Å²) in [5.41, 5.74) is 9.00. The Balaban J connectivity index is 1.76. The number of benzene rings is 1. The maximum Gasteiger partial charge on any atom is 0.283 e. The standard InChI is InChI=1S/C19H19N5OS/c1-2-3-4-9-16-23-24-17(20)14(18(25)22-19(24)26-16)10-12-11-21-15-8-6-5-7-13(12)15/h5-8,10-11H,2-4,9,20H2,1H3/b12-10+. The van der Waals surface area contributed by atoms with E-state index >= 15 is 0 Å². The third-order valence-corrected chi connectivity index (χ3v) is 5.35. The number of rotatable bonds is 5. The van der Waals surface area contributed by atoms with Crippen molar-refractivity contribution in [2.45, 2.75) is 32.6 Å². The zero-order valence-corrected chi connectivity index (χ0v) is 15.3. The van der Waals surface area contributed by atoms with Crippen LogP contribution in [0.3, 0.4) is 0 Å². The van der Waals surface area contributed by atoms with Gasteiger partial charge >= 0.3 is 0 Å². The average molecular weight is 365 g/mol. The van der Waals surface area contributed by atoms with E-state index in [2.05, 4.69) is 22.0 Å². The van der Waals surface area contributed by atoms with Crippen molar-refractivity contribution in [1.29, 1.82) is 0 Å². The van der Waals surface area contributed by atoms with Crippen LogP contribution in [0, 0.1) is 0 Å². The number of nitrogens with two attached hydrogens (primary N) is 1. The fourth-order valence-electron chi connectivity index (χ4n) is 2.99. The van der Waals surface area contributed by atoms with Crippen LogP contribution in [0.25, 0.3) is 16.6 Å². The molecule has 7 heteroatoms. The number of anilines is 1. The van der Waals surface area contributed by atoms with E-state index in [-0.39, 0.29) is 5.56 Å². The summed E-state index contributed by atoms with van der Waals surface area (Å²) < 4.78 is 1.58. The fourth-order valence-corrected chi connectivity index (χ4v) is 3.93. The molecular weight excluding hydrogens is 346 g/mol. The highest BCUT2D eigenvalue weighted by molar-refractivity contribution is 7.16. The first-order valence-corrected chi connectivity index (χ1v) is 9.52. The molecule has 0 saturated heterocycles. The first-order chi connectivity index (χ1) is 12.7. The second-order valence-corrected chi connectivity index (χ2v) is 7.28. The maximum atomic E-state index is 12.5. The molecule has 2 N–H and O–H groups in total. The average Bonchev–Trinajstić information content (AvgIpc) is 3.23. The SMILES string of the molecule is CCCCCc1nn2c(N)c(/C=C3\C=Nc4ccccc43)c(=O)nc2s1. The summed E-state index contributed by atoms with van der Waals surface area (Å²) in [5, 5.41) is 5.50.